The fourth-order valence-corrected chi connectivity index (χ4v) is 3.76. The van der Waals surface area contributed by atoms with Gasteiger partial charge in [0, 0.05) is 5.02 Å². The summed E-state index contributed by atoms with van der Waals surface area (Å²) < 4.78 is 24.5. The Bertz CT molecular complexity index is 734. The first-order valence-corrected chi connectivity index (χ1v) is 8.59. The average Bonchev–Trinajstić information content (AvgIpc) is 2.48. The molecule has 0 aliphatic heterocycles. The van der Waals surface area contributed by atoms with Gasteiger partial charge in [-0.05, 0) is 23.3 Å². The van der Waals surface area contributed by atoms with Crippen LogP contribution < -0.4 is 0 Å². The molecule has 0 bridgehead atoms. The average molecular weight is 320 g/mol. The van der Waals surface area contributed by atoms with Crippen LogP contribution in [0.2, 0.25) is 5.02 Å². The molecule has 0 spiro atoms. The van der Waals surface area contributed by atoms with Crippen LogP contribution in [0.25, 0.3) is 0 Å². The Morgan fingerprint density at radius 2 is 1.67 bits per heavy atom. The van der Waals surface area contributed by atoms with Gasteiger partial charge in [0.2, 0.25) is 0 Å². The second kappa shape index (κ2) is 6.75. The summed E-state index contributed by atoms with van der Waals surface area (Å²) in [5.74, 6) is -0.922. The molecular weight excluding hydrogens is 306 g/mol. The van der Waals surface area contributed by atoms with Crippen molar-refractivity contribution in [2.24, 2.45) is 0 Å². The molecule has 0 saturated heterocycles. The van der Waals surface area contributed by atoms with Crippen LogP contribution in [-0.4, -0.2) is 14.2 Å². The van der Waals surface area contributed by atoms with E-state index >= 15 is 0 Å². The minimum atomic E-state index is -3.37. The zero-order valence-corrected chi connectivity index (χ0v) is 12.8. The van der Waals surface area contributed by atoms with Gasteiger partial charge in [0.1, 0.15) is 0 Å². The smallest absolute Gasteiger partial charge is 0.156 e. The van der Waals surface area contributed by atoms with Crippen LogP contribution >= 0.6 is 11.6 Å². The van der Waals surface area contributed by atoms with E-state index in [0.29, 0.717) is 10.6 Å². The van der Waals surface area contributed by atoms with Crippen LogP contribution in [0.5, 0.6) is 0 Å². The summed E-state index contributed by atoms with van der Waals surface area (Å²) >= 11 is 5.78. The molecule has 0 N–H and O–H groups in total. The third-order valence-corrected chi connectivity index (χ3v) is 4.94. The van der Waals surface area contributed by atoms with E-state index in [9.17, 15) is 13.7 Å². The SMILES string of the molecule is N#CC(CS(=O)(=O)Cc1ccc(Cl)cc1)c1ccccc1. The summed E-state index contributed by atoms with van der Waals surface area (Å²) in [6.07, 6.45) is 0. The molecule has 0 aliphatic rings. The molecule has 1 unspecified atom stereocenters. The quantitative estimate of drug-likeness (QED) is 0.846. The molecule has 0 fully saturated rings. The number of sulfone groups is 1. The lowest BCUT2D eigenvalue weighted by atomic mass is 10.0. The minimum absolute atomic E-state index is 0.0881. The van der Waals surface area contributed by atoms with Gasteiger partial charge < -0.3 is 0 Å². The van der Waals surface area contributed by atoms with Crippen molar-refractivity contribution in [2.75, 3.05) is 5.75 Å². The molecule has 0 saturated carbocycles. The molecule has 21 heavy (non-hydrogen) atoms. The maximum atomic E-state index is 12.2. The zero-order valence-electron chi connectivity index (χ0n) is 11.2. The topological polar surface area (TPSA) is 57.9 Å². The molecule has 1 atom stereocenters. The number of nitrogens with zero attached hydrogens (tertiary/aromatic N) is 1. The zero-order chi connectivity index (χ0) is 15.3. The molecule has 0 radical (unpaired) electrons. The first kappa shape index (κ1) is 15.6. The van der Waals surface area contributed by atoms with E-state index in [1.54, 1.807) is 48.5 Å². The third-order valence-electron chi connectivity index (χ3n) is 3.08. The van der Waals surface area contributed by atoms with Crippen molar-refractivity contribution in [3.05, 3.63) is 70.7 Å². The summed E-state index contributed by atoms with van der Waals surface area (Å²) in [4.78, 5) is 0. The van der Waals surface area contributed by atoms with E-state index in [0.717, 1.165) is 5.56 Å². The Morgan fingerprint density at radius 1 is 1.05 bits per heavy atom. The van der Waals surface area contributed by atoms with Crippen molar-refractivity contribution >= 4 is 21.4 Å². The van der Waals surface area contributed by atoms with E-state index < -0.39 is 15.8 Å². The fourth-order valence-electron chi connectivity index (χ4n) is 2.04. The number of halogens is 1. The molecule has 0 aromatic heterocycles. The van der Waals surface area contributed by atoms with Crippen LogP contribution in [0.4, 0.5) is 0 Å². The second-order valence-corrected chi connectivity index (χ2v) is 7.32. The highest BCUT2D eigenvalue weighted by Gasteiger charge is 2.21. The minimum Gasteiger partial charge on any atom is -0.228 e. The fraction of sp³-hybridized carbons (Fsp3) is 0.188. The normalized spacial score (nSPS) is 12.6. The Hall–Kier alpha value is -1.83. The molecule has 0 heterocycles. The lowest BCUT2D eigenvalue weighted by Crippen LogP contribution is -2.15. The lowest BCUT2D eigenvalue weighted by Gasteiger charge is -2.10. The second-order valence-electron chi connectivity index (χ2n) is 4.77. The summed E-state index contributed by atoms with van der Waals surface area (Å²) in [7, 11) is -3.37. The van der Waals surface area contributed by atoms with Crippen LogP contribution in [0, 0.1) is 11.3 Å². The number of hydrogen-bond acceptors (Lipinski definition) is 3. The van der Waals surface area contributed by atoms with Gasteiger partial charge in [0.15, 0.2) is 9.84 Å². The highest BCUT2D eigenvalue weighted by molar-refractivity contribution is 7.90. The predicted octanol–water partition coefficient (Wildman–Crippen LogP) is 3.56. The van der Waals surface area contributed by atoms with E-state index in [-0.39, 0.29) is 11.5 Å². The molecular formula is C16H14ClNO2S. The number of hydrogen-bond donors (Lipinski definition) is 0. The van der Waals surface area contributed by atoms with Crippen molar-refractivity contribution in [2.45, 2.75) is 11.7 Å². The molecule has 2 aromatic carbocycles. The van der Waals surface area contributed by atoms with Gasteiger partial charge in [0.25, 0.3) is 0 Å². The lowest BCUT2D eigenvalue weighted by molar-refractivity contribution is 0.592. The molecule has 108 valence electrons. The third kappa shape index (κ3) is 4.59. The van der Waals surface area contributed by atoms with Crippen molar-refractivity contribution in [3.63, 3.8) is 0 Å². The first-order valence-electron chi connectivity index (χ1n) is 6.39. The maximum Gasteiger partial charge on any atom is 0.156 e. The van der Waals surface area contributed by atoms with Crippen molar-refractivity contribution < 1.29 is 8.42 Å². The van der Waals surface area contributed by atoms with E-state index in [1.807, 2.05) is 6.07 Å². The monoisotopic (exact) mass is 319 g/mol. The van der Waals surface area contributed by atoms with E-state index in [1.165, 1.54) is 0 Å². The van der Waals surface area contributed by atoms with Crippen LogP contribution in [0.15, 0.2) is 54.6 Å². The van der Waals surface area contributed by atoms with Gasteiger partial charge >= 0.3 is 0 Å². The number of rotatable bonds is 5. The maximum absolute atomic E-state index is 12.2. The summed E-state index contributed by atoms with van der Waals surface area (Å²) in [5, 5.41) is 9.78. The van der Waals surface area contributed by atoms with Gasteiger partial charge in [0.05, 0.1) is 23.5 Å². The van der Waals surface area contributed by atoms with Gasteiger partial charge in [-0.2, -0.15) is 5.26 Å². The van der Waals surface area contributed by atoms with Crippen LogP contribution in [-0.2, 0) is 15.6 Å². The van der Waals surface area contributed by atoms with Gasteiger partial charge in [-0.15, -0.1) is 0 Å². The highest BCUT2D eigenvalue weighted by Crippen LogP contribution is 2.19. The molecule has 2 rings (SSSR count). The van der Waals surface area contributed by atoms with E-state index in [4.69, 9.17) is 11.6 Å². The number of benzene rings is 2. The number of nitriles is 1. The molecule has 2 aromatic rings. The first-order chi connectivity index (χ1) is 10.00. The van der Waals surface area contributed by atoms with Crippen molar-refractivity contribution in [1.29, 1.82) is 5.26 Å². The van der Waals surface area contributed by atoms with Gasteiger partial charge in [-0.25, -0.2) is 8.42 Å². The Labute approximate surface area is 129 Å². The van der Waals surface area contributed by atoms with Crippen molar-refractivity contribution in [1.82, 2.24) is 0 Å². The molecule has 5 heteroatoms. The summed E-state index contributed by atoms with van der Waals surface area (Å²) in [6, 6.07) is 17.7. The Morgan fingerprint density at radius 3 is 2.24 bits per heavy atom. The van der Waals surface area contributed by atoms with Gasteiger partial charge in [-0.1, -0.05) is 54.1 Å². The van der Waals surface area contributed by atoms with Gasteiger partial charge in [-0.3, -0.25) is 0 Å². The van der Waals surface area contributed by atoms with Crippen LogP contribution in [0.3, 0.4) is 0 Å². The van der Waals surface area contributed by atoms with Crippen molar-refractivity contribution in [3.8, 4) is 6.07 Å². The standard InChI is InChI=1S/C16H14ClNO2S/c17-16-8-6-13(7-9-16)11-21(19,20)12-15(10-18)14-4-2-1-3-5-14/h1-9,15H,11-12H2. The Kier molecular flexibility index (Phi) is 5.00. The predicted molar refractivity (Wildman–Crippen MR) is 83.7 cm³/mol. The molecule has 0 aliphatic carbocycles. The van der Waals surface area contributed by atoms with E-state index in [2.05, 4.69) is 6.07 Å². The Balaban J connectivity index is 2.13. The molecule has 3 nitrogen and oxygen atoms in total. The van der Waals surface area contributed by atoms with Crippen LogP contribution in [0.1, 0.15) is 17.0 Å². The summed E-state index contributed by atoms with van der Waals surface area (Å²) in [6.45, 7) is 0. The summed E-state index contributed by atoms with van der Waals surface area (Å²) in [5.41, 5.74) is 1.39. The highest BCUT2D eigenvalue weighted by atomic mass is 35.5. The largest absolute Gasteiger partial charge is 0.228 e. The molecule has 0 amide bonds.